The molecule has 0 radical (unpaired) electrons. The minimum atomic E-state index is -0.342. The lowest BCUT2D eigenvalue weighted by Gasteiger charge is -2.10. The number of hydrogen-bond donors (Lipinski definition) is 0. The Morgan fingerprint density at radius 1 is 1.32 bits per heavy atom. The van der Waals surface area contributed by atoms with E-state index in [1.165, 1.54) is 10.7 Å². The molecule has 0 N–H and O–H groups in total. The van der Waals surface area contributed by atoms with Gasteiger partial charge in [-0.15, -0.1) is 0 Å². The third-order valence-corrected chi connectivity index (χ3v) is 3.09. The quantitative estimate of drug-likeness (QED) is 0.851. The molecule has 0 atom stereocenters. The van der Waals surface area contributed by atoms with Gasteiger partial charge in [0, 0.05) is 12.1 Å². The van der Waals surface area contributed by atoms with E-state index in [2.05, 4.69) is 5.10 Å². The fourth-order valence-electron chi connectivity index (χ4n) is 2.12. The topological polar surface area (TPSA) is 67.9 Å². The van der Waals surface area contributed by atoms with Crippen molar-refractivity contribution in [2.24, 2.45) is 5.92 Å². The van der Waals surface area contributed by atoms with E-state index in [0.29, 0.717) is 18.8 Å². The van der Waals surface area contributed by atoms with Gasteiger partial charge in [-0.25, -0.2) is 4.68 Å². The summed E-state index contributed by atoms with van der Waals surface area (Å²) in [6.07, 6.45) is 0. The average molecular weight is 297 g/mol. The molecule has 1 heterocycles. The van der Waals surface area contributed by atoms with Crippen LogP contribution < -0.4 is 10.3 Å². The summed E-state index contributed by atoms with van der Waals surface area (Å²) in [7, 11) is 0. The number of nitrogens with zero attached hydrogens (tertiary/aromatic N) is 3. The largest absolute Gasteiger partial charge is 0.494 e. The van der Waals surface area contributed by atoms with Gasteiger partial charge in [-0.1, -0.05) is 13.8 Å². The average Bonchev–Trinajstić information content (AvgIpc) is 2.50. The molecule has 0 amide bonds. The molecule has 5 nitrogen and oxygen atoms in total. The van der Waals surface area contributed by atoms with Crippen LogP contribution in [-0.4, -0.2) is 16.4 Å². The van der Waals surface area contributed by atoms with Gasteiger partial charge in [-0.05, 0) is 43.2 Å². The van der Waals surface area contributed by atoms with Crippen molar-refractivity contribution in [3.8, 4) is 23.1 Å². The van der Waals surface area contributed by atoms with E-state index in [-0.39, 0.29) is 17.0 Å². The van der Waals surface area contributed by atoms with E-state index in [0.717, 1.165) is 11.3 Å². The van der Waals surface area contributed by atoms with Crippen molar-refractivity contribution in [3.63, 3.8) is 0 Å². The highest BCUT2D eigenvalue weighted by Gasteiger charge is 2.11. The Morgan fingerprint density at radius 3 is 2.55 bits per heavy atom. The summed E-state index contributed by atoms with van der Waals surface area (Å²) >= 11 is 0. The number of benzene rings is 1. The lowest BCUT2D eigenvalue weighted by Crippen LogP contribution is -2.27. The molecule has 2 aromatic rings. The summed E-state index contributed by atoms with van der Waals surface area (Å²) in [5.41, 5.74) is 1.22. The first kappa shape index (κ1) is 15.8. The van der Waals surface area contributed by atoms with Gasteiger partial charge in [0.05, 0.1) is 12.3 Å². The first-order valence-electron chi connectivity index (χ1n) is 7.30. The predicted molar refractivity (Wildman–Crippen MR) is 84.7 cm³/mol. The molecule has 2 rings (SSSR count). The molecule has 1 aromatic carbocycles. The maximum atomic E-state index is 12.1. The third kappa shape index (κ3) is 3.53. The monoisotopic (exact) mass is 297 g/mol. The van der Waals surface area contributed by atoms with Gasteiger partial charge in [-0.2, -0.15) is 10.4 Å². The second-order valence-corrected chi connectivity index (χ2v) is 5.39. The molecule has 0 aliphatic heterocycles. The Morgan fingerprint density at radius 2 is 2.00 bits per heavy atom. The van der Waals surface area contributed by atoms with E-state index in [4.69, 9.17) is 10.00 Å². The molecule has 0 aliphatic rings. The standard InChI is InChI=1S/C17H19N3O2/c1-4-22-15-7-5-13(6-8-15)16-9-14(10-18)17(21)20(19-16)11-12(2)3/h5-9,12H,4,11H2,1-3H3. The fourth-order valence-corrected chi connectivity index (χ4v) is 2.12. The molecule has 0 saturated heterocycles. The van der Waals surface area contributed by atoms with Crippen LogP contribution in [0.15, 0.2) is 35.1 Å². The van der Waals surface area contributed by atoms with Crippen LogP contribution in [0.3, 0.4) is 0 Å². The second-order valence-electron chi connectivity index (χ2n) is 5.39. The van der Waals surface area contributed by atoms with Crippen molar-refractivity contribution in [2.45, 2.75) is 27.3 Å². The van der Waals surface area contributed by atoms with Gasteiger partial charge in [0.25, 0.3) is 5.56 Å². The third-order valence-electron chi connectivity index (χ3n) is 3.09. The van der Waals surface area contributed by atoms with Crippen molar-refractivity contribution in [1.29, 1.82) is 5.26 Å². The van der Waals surface area contributed by atoms with Gasteiger partial charge in [-0.3, -0.25) is 4.79 Å². The highest BCUT2D eigenvalue weighted by molar-refractivity contribution is 5.61. The zero-order chi connectivity index (χ0) is 16.1. The Hall–Kier alpha value is -2.61. The van der Waals surface area contributed by atoms with Crippen LogP contribution >= 0.6 is 0 Å². The highest BCUT2D eigenvalue weighted by Crippen LogP contribution is 2.20. The Balaban J connectivity index is 2.46. The summed E-state index contributed by atoms with van der Waals surface area (Å²) < 4.78 is 6.78. The SMILES string of the molecule is CCOc1ccc(-c2cc(C#N)c(=O)n(CC(C)C)n2)cc1. The number of aromatic nitrogens is 2. The van der Waals surface area contributed by atoms with Crippen molar-refractivity contribution in [1.82, 2.24) is 9.78 Å². The summed E-state index contributed by atoms with van der Waals surface area (Å²) in [6, 6.07) is 10.9. The Labute approximate surface area is 129 Å². The molecule has 114 valence electrons. The van der Waals surface area contributed by atoms with E-state index < -0.39 is 0 Å². The van der Waals surface area contributed by atoms with Crippen LogP contribution in [0.4, 0.5) is 0 Å². The molecule has 0 unspecified atom stereocenters. The summed E-state index contributed by atoms with van der Waals surface area (Å²) in [5, 5.41) is 13.5. The molecule has 0 fully saturated rings. The molecule has 22 heavy (non-hydrogen) atoms. The molecule has 0 bridgehead atoms. The Bertz CT molecular complexity index is 740. The fraction of sp³-hybridized carbons (Fsp3) is 0.353. The van der Waals surface area contributed by atoms with Gasteiger partial charge in [0.2, 0.25) is 0 Å². The maximum Gasteiger partial charge on any atom is 0.284 e. The highest BCUT2D eigenvalue weighted by atomic mass is 16.5. The minimum Gasteiger partial charge on any atom is -0.494 e. The van der Waals surface area contributed by atoms with Crippen molar-refractivity contribution in [2.75, 3.05) is 6.61 Å². The van der Waals surface area contributed by atoms with Crippen molar-refractivity contribution in [3.05, 3.63) is 46.2 Å². The second kappa shape index (κ2) is 6.90. The molecular formula is C17H19N3O2. The molecule has 0 saturated carbocycles. The number of hydrogen-bond acceptors (Lipinski definition) is 4. The number of nitriles is 1. The first-order chi connectivity index (χ1) is 10.5. The van der Waals surface area contributed by atoms with Crippen LogP contribution in [0, 0.1) is 17.2 Å². The number of rotatable bonds is 5. The lowest BCUT2D eigenvalue weighted by atomic mass is 10.1. The van der Waals surface area contributed by atoms with Crippen LogP contribution in [0.25, 0.3) is 11.3 Å². The van der Waals surface area contributed by atoms with Gasteiger partial charge >= 0.3 is 0 Å². The maximum absolute atomic E-state index is 12.1. The summed E-state index contributed by atoms with van der Waals surface area (Å²) in [6.45, 7) is 7.03. The van der Waals surface area contributed by atoms with Crippen LogP contribution in [0.2, 0.25) is 0 Å². The summed E-state index contributed by atoms with van der Waals surface area (Å²) in [5.74, 6) is 1.05. The van der Waals surface area contributed by atoms with Crippen molar-refractivity contribution < 1.29 is 4.74 Å². The normalized spacial score (nSPS) is 10.5. The van der Waals surface area contributed by atoms with Crippen LogP contribution in [0.1, 0.15) is 26.3 Å². The molecule has 0 aliphatic carbocycles. The first-order valence-corrected chi connectivity index (χ1v) is 7.30. The molecule has 5 heteroatoms. The van der Waals surface area contributed by atoms with E-state index >= 15 is 0 Å². The van der Waals surface area contributed by atoms with Crippen molar-refractivity contribution >= 4 is 0 Å². The van der Waals surface area contributed by atoms with Gasteiger partial charge < -0.3 is 4.74 Å². The van der Waals surface area contributed by atoms with E-state index in [1.807, 2.05) is 51.1 Å². The van der Waals surface area contributed by atoms with Crippen LogP contribution in [-0.2, 0) is 6.54 Å². The molecule has 1 aromatic heterocycles. The predicted octanol–water partition coefficient (Wildman–Crippen LogP) is 2.84. The van der Waals surface area contributed by atoms with Gasteiger partial charge in [0.15, 0.2) is 0 Å². The van der Waals surface area contributed by atoms with E-state index in [1.54, 1.807) is 0 Å². The smallest absolute Gasteiger partial charge is 0.284 e. The number of ether oxygens (including phenoxy) is 1. The van der Waals surface area contributed by atoms with E-state index in [9.17, 15) is 4.79 Å². The summed E-state index contributed by atoms with van der Waals surface area (Å²) in [4.78, 5) is 12.1. The molecule has 0 spiro atoms. The van der Waals surface area contributed by atoms with Crippen LogP contribution in [0.5, 0.6) is 5.75 Å². The Kier molecular flexibility index (Phi) is 4.95. The minimum absolute atomic E-state index is 0.111. The zero-order valence-electron chi connectivity index (χ0n) is 13.0. The molecular weight excluding hydrogens is 278 g/mol. The van der Waals surface area contributed by atoms with Gasteiger partial charge in [0.1, 0.15) is 17.4 Å². The lowest BCUT2D eigenvalue weighted by molar-refractivity contribution is 0.340. The zero-order valence-corrected chi connectivity index (χ0v) is 13.0.